The van der Waals surface area contributed by atoms with E-state index in [1.54, 1.807) is 6.08 Å². The first kappa shape index (κ1) is 17.4. The lowest BCUT2D eigenvalue weighted by Gasteiger charge is -2.15. The van der Waals surface area contributed by atoms with Gasteiger partial charge in [-0.15, -0.1) is 0 Å². The third-order valence-electron chi connectivity index (χ3n) is 4.44. The van der Waals surface area contributed by atoms with Crippen LogP contribution in [-0.2, 0) is 0 Å². The molecule has 134 valence electrons. The Morgan fingerprint density at radius 2 is 2.24 bits per heavy atom. The molecule has 0 amide bonds. The molecule has 5 nitrogen and oxygen atoms in total. The van der Waals surface area contributed by atoms with Crippen LogP contribution in [0.4, 0.5) is 14.6 Å². The Morgan fingerprint density at radius 1 is 1.48 bits per heavy atom. The number of aromatic nitrogens is 1. The zero-order valence-electron chi connectivity index (χ0n) is 14.2. The van der Waals surface area contributed by atoms with E-state index < -0.39 is 6.61 Å². The van der Waals surface area contributed by atoms with Gasteiger partial charge in [0.2, 0.25) is 0 Å². The highest BCUT2D eigenvalue weighted by molar-refractivity contribution is 6.07. The topological polar surface area (TPSA) is 84.0 Å². The van der Waals surface area contributed by atoms with Crippen LogP contribution in [0.5, 0.6) is 5.75 Å². The Morgan fingerprint density at radius 3 is 2.84 bits per heavy atom. The highest BCUT2D eigenvalue weighted by atomic mass is 19.3. The molecule has 0 saturated heterocycles. The molecule has 1 heterocycles. The molecule has 3 rings (SSSR count). The quantitative estimate of drug-likeness (QED) is 0.520. The molecule has 2 aliphatic rings. The summed E-state index contributed by atoms with van der Waals surface area (Å²) in [6.45, 7) is 1.10. The van der Waals surface area contributed by atoms with E-state index in [-0.39, 0.29) is 23.3 Å². The van der Waals surface area contributed by atoms with E-state index in [2.05, 4.69) is 21.1 Å². The summed E-state index contributed by atoms with van der Waals surface area (Å²) in [5.41, 5.74) is 8.54. The van der Waals surface area contributed by atoms with Crippen LogP contribution in [0.15, 0.2) is 35.7 Å². The van der Waals surface area contributed by atoms with Crippen molar-refractivity contribution in [1.82, 2.24) is 10.3 Å². The van der Waals surface area contributed by atoms with Crippen LogP contribution in [0.2, 0.25) is 0 Å². The number of allylic oxidation sites excluding steroid dienone is 3. The molecule has 25 heavy (non-hydrogen) atoms. The van der Waals surface area contributed by atoms with Gasteiger partial charge >= 0.3 is 6.61 Å². The van der Waals surface area contributed by atoms with Crippen molar-refractivity contribution in [3.8, 4) is 5.75 Å². The molecule has 1 aromatic heterocycles. The predicted molar refractivity (Wildman–Crippen MR) is 92.8 cm³/mol. The highest BCUT2D eigenvalue weighted by Crippen LogP contribution is 2.56. The van der Waals surface area contributed by atoms with E-state index >= 15 is 0 Å². The first-order valence-electron chi connectivity index (χ1n) is 8.34. The number of nitrogens with two attached hydrogens (primary N) is 1. The lowest BCUT2D eigenvalue weighted by molar-refractivity contribution is -0.0495. The van der Waals surface area contributed by atoms with E-state index in [9.17, 15) is 8.78 Å². The molecule has 1 fully saturated rings. The molecule has 1 aromatic rings. The molecule has 0 spiro atoms. The summed E-state index contributed by atoms with van der Waals surface area (Å²) in [4.78, 5) is 3.86. The average Bonchev–Trinajstić information content (AvgIpc) is 3.00. The summed E-state index contributed by atoms with van der Waals surface area (Å²) in [7, 11) is 0. The largest absolute Gasteiger partial charge is 0.431 e. The fourth-order valence-corrected chi connectivity index (χ4v) is 3.36. The molecule has 0 aliphatic heterocycles. The van der Waals surface area contributed by atoms with Gasteiger partial charge in [0.25, 0.3) is 0 Å². The number of pyridine rings is 1. The van der Waals surface area contributed by atoms with Gasteiger partial charge in [-0.25, -0.2) is 4.98 Å². The van der Waals surface area contributed by atoms with Gasteiger partial charge in [-0.3, -0.25) is 0 Å². The Hall–Kier alpha value is -2.44. The van der Waals surface area contributed by atoms with Crippen LogP contribution >= 0.6 is 0 Å². The van der Waals surface area contributed by atoms with Gasteiger partial charge in [0.05, 0.1) is 5.71 Å². The first-order valence-corrected chi connectivity index (χ1v) is 8.34. The average molecular weight is 348 g/mol. The number of nitrogen functional groups attached to an aromatic ring is 1. The fourth-order valence-electron chi connectivity index (χ4n) is 3.36. The van der Waals surface area contributed by atoms with Crippen LogP contribution in [0.1, 0.15) is 32.3 Å². The SMILES string of the molecule is CC(C)N/C(=C\C(=N)c1cnc(N)c(OC(F)F)c1)[C@@H]1C2=CCC[C@H]21. The molecule has 1 saturated carbocycles. The first-order chi connectivity index (χ1) is 11.9. The minimum absolute atomic E-state index is 0.122. The van der Waals surface area contributed by atoms with E-state index in [0.717, 1.165) is 18.5 Å². The monoisotopic (exact) mass is 348 g/mol. The van der Waals surface area contributed by atoms with Crippen LogP contribution in [0.3, 0.4) is 0 Å². The highest BCUT2D eigenvalue weighted by Gasteiger charge is 2.48. The van der Waals surface area contributed by atoms with Gasteiger partial charge in [-0.05, 0) is 44.7 Å². The van der Waals surface area contributed by atoms with Crippen molar-refractivity contribution in [2.75, 3.05) is 5.73 Å². The minimum atomic E-state index is -2.99. The minimum Gasteiger partial charge on any atom is -0.431 e. The third kappa shape index (κ3) is 3.81. The normalized spacial score (nSPS) is 22.0. The van der Waals surface area contributed by atoms with Crippen molar-refractivity contribution < 1.29 is 13.5 Å². The van der Waals surface area contributed by atoms with Gasteiger partial charge in [0.15, 0.2) is 11.6 Å². The third-order valence-corrected chi connectivity index (χ3v) is 4.44. The second-order valence-corrected chi connectivity index (χ2v) is 6.66. The summed E-state index contributed by atoms with van der Waals surface area (Å²) >= 11 is 0. The second kappa shape index (κ2) is 6.82. The molecule has 2 atom stereocenters. The van der Waals surface area contributed by atoms with Crippen molar-refractivity contribution in [1.29, 1.82) is 5.41 Å². The summed E-state index contributed by atoms with van der Waals surface area (Å²) in [6.07, 6.45) is 7.70. The van der Waals surface area contributed by atoms with Crippen LogP contribution in [0, 0.1) is 17.2 Å². The Bertz CT molecular complexity index is 743. The number of halogens is 2. The van der Waals surface area contributed by atoms with Gasteiger partial charge < -0.3 is 21.2 Å². The van der Waals surface area contributed by atoms with Crippen LogP contribution in [-0.4, -0.2) is 23.3 Å². The van der Waals surface area contributed by atoms with E-state index in [4.69, 9.17) is 11.1 Å². The molecule has 0 aromatic carbocycles. The Balaban J connectivity index is 1.84. The van der Waals surface area contributed by atoms with Gasteiger partial charge in [0.1, 0.15) is 0 Å². The summed E-state index contributed by atoms with van der Waals surface area (Å²) in [6, 6.07) is 1.57. The number of hydrogen-bond donors (Lipinski definition) is 3. The van der Waals surface area contributed by atoms with Crippen molar-refractivity contribution in [2.45, 2.75) is 39.3 Å². The summed E-state index contributed by atoms with van der Waals surface area (Å²) in [5.74, 6) is 0.584. The maximum absolute atomic E-state index is 12.4. The number of hydrogen-bond acceptors (Lipinski definition) is 5. The van der Waals surface area contributed by atoms with Crippen molar-refractivity contribution >= 4 is 11.5 Å². The maximum atomic E-state index is 12.4. The number of ether oxygens (including phenoxy) is 1. The molecular formula is C18H22F2N4O. The van der Waals surface area contributed by atoms with Crippen molar-refractivity contribution in [2.24, 2.45) is 11.8 Å². The molecule has 0 radical (unpaired) electrons. The maximum Gasteiger partial charge on any atom is 0.387 e. The smallest absolute Gasteiger partial charge is 0.387 e. The van der Waals surface area contributed by atoms with Crippen LogP contribution in [0.25, 0.3) is 0 Å². The lowest BCUT2D eigenvalue weighted by Crippen LogP contribution is -2.24. The molecule has 7 heteroatoms. The molecular weight excluding hydrogens is 326 g/mol. The predicted octanol–water partition coefficient (Wildman–Crippen LogP) is 3.48. The fraction of sp³-hybridized carbons (Fsp3) is 0.444. The number of alkyl halides is 2. The molecule has 0 unspecified atom stereocenters. The van der Waals surface area contributed by atoms with Gasteiger partial charge in [-0.1, -0.05) is 11.6 Å². The standard InChI is InChI=1S/C18H22F2N4O/c1-9(2)24-14(16-11-4-3-5-12(11)16)7-13(21)10-6-15(25-18(19)20)17(22)23-8-10/h4,6-9,12,16,18,21,24H,3,5H2,1-2H3,(H2,22,23)/b14-7-,21-13?/t12-,16-/m1/s1. The molecule has 2 aliphatic carbocycles. The molecule has 4 N–H and O–H groups in total. The number of nitrogens with one attached hydrogen (secondary N) is 2. The lowest BCUT2D eigenvalue weighted by atomic mass is 10.1. The number of rotatable bonds is 7. The van der Waals surface area contributed by atoms with Crippen molar-refractivity contribution in [3.05, 3.63) is 41.2 Å². The van der Waals surface area contributed by atoms with E-state index in [1.807, 2.05) is 13.8 Å². The molecule has 0 bridgehead atoms. The van der Waals surface area contributed by atoms with Crippen molar-refractivity contribution in [3.63, 3.8) is 0 Å². The van der Waals surface area contributed by atoms with Gasteiger partial charge in [0, 0.05) is 29.4 Å². The second-order valence-electron chi connectivity index (χ2n) is 6.66. The summed E-state index contributed by atoms with van der Waals surface area (Å²) < 4.78 is 29.3. The number of anilines is 1. The van der Waals surface area contributed by atoms with Gasteiger partial charge in [-0.2, -0.15) is 8.78 Å². The van der Waals surface area contributed by atoms with Crippen LogP contribution < -0.4 is 15.8 Å². The Kier molecular flexibility index (Phi) is 4.74. The Labute approximate surface area is 145 Å². The number of fused-ring (bicyclic) bond motifs is 1. The number of nitrogens with zero attached hydrogens (tertiary/aromatic N) is 1. The van der Waals surface area contributed by atoms with E-state index in [1.165, 1.54) is 17.8 Å². The zero-order chi connectivity index (χ0) is 18.1. The van der Waals surface area contributed by atoms with E-state index in [0.29, 0.717) is 17.4 Å². The summed E-state index contributed by atoms with van der Waals surface area (Å²) in [5, 5.41) is 11.7. The zero-order valence-corrected chi connectivity index (χ0v) is 14.2.